The SMILES string of the molecule is COCc1cc(C)nc2sc3c(c12)N[C@H](C)N(C1CCCCC1)C3=O. The summed E-state index contributed by atoms with van der Waals surface area (Å²) in [5.41, 5.74) is 3.01. The molecule has 0 bridgehead atoms. The first-order valence-electron chi connectivity index (χ1n) is 9.11. The summed E-state index contributed by atoms with van der Waals surface area (Å²) in [6.07, 6.45) is 5.97. The molecule has 1 amide bonds. The molecule has 0 unspecified atom stereocenters. The standard InChI is InChI=1S/C19H25N3O2S/c1-11-9-13(10-24-3)15-16-17(25-18(15)20-11)19(23)22(12(2)21-16)14-7-5-4-6-8-14/h9,12,14,21H,4-8,10H2,1-3H3/t12-/m0/s1. The predicted molar refractivity (Wildman–Crippen MR) is 101 cm³/mol. The zero-order valence-electron chi connectivity index (χ0n) is 15.1. The molecule has 0 radical (unpaired) electrons. The topological polar surface area (TPSA) is 54.5 Å². The van der Waals surface area contributed by atoms with Crippen LogP contribution in [0.15, 0.2) is 6.07 Å². The smallest absolute Gasteiger partial charge is 0.268 e. The average Bonchev–Trinajstić information content (AvgIpc) is 2.94. The zero-order valence-corrected chi connectivity index (χ0v) is 15.9. The van der Waals surface area contributed by atoms with Gasteiger partial charge in [-0.25, -0.2) is 4.98 Å². The van der Waals surface area contributed by atoms with E-state index in [9.17, 15) is 4.79 Å². The van der Waals surface area contributed by atoms with E-state index in [1.807, 2.05) is 6.92 Å². The van der Waals surface area contributed by atoms with Crippen LogP contribution in [-0.2, 0) is 11.3 Å². The first-order valence-corrected chi connectivity index (χ1v) is 9.93. The second-order valence-corrected chi connectivity index (χ2v) is 8.17. The Bertz CT molecular complexity index is 811. The maximum Gasteiger partial charge on any atom is 0.268 e. The summed E-state index contributed by atoms with van der Waals surface area (Å²) >= 11 is 1.51. The van der Waals surface area contributed by atoms with Crippen molar-refractivity contribution in [2.24, 2.45) is 0 Å². The van der Waals surface area contributed by atoms with E-state index in [1.54, 1.807) is 7.11 Å². The van der Waals surface area contributed by atoms with Crippen molar-refractivity contribution >= 4 is 33.1 Å². The number of carbonyl (C=O) groups is 1. The van der Waals surface area contributed by atoms with Crippen LogP contribution in [0.2, 0.25) is 0 Å². The van der Waals surface area contributed by atoms with E-state index in [-0.39, 0.29) is 12.1 Å². The van der Waals surface area contributed by atoms with Gasteiger partial charge in [-0.15, -0.1) is 11.3 Å². The number of carbonyl (C=O) groups excluding carboxylic acids is 1. The molecule has 1 aliphatic heterocycles. The molecule has 2 aromatic heterocycles. The molecule has 0 saturated heterocycles. The summed E-state index contributed by atoms with van der Waals surface area (Å²) in [6, 6.07) is 2.42. The molecular formula is C19H25N3O2S. The number of methoxy groups -OCH3 is 1. The van der Waals surface area contributed by atoms with Gasteiger partial charge in [0.05, 0.1) is 18.5 Å². The van der Waals surface area contributed by atoms with Crippen LogP contribution in [0.4, 0.5) is 5.69 Å². The monoisotopic (exact) mass is 359 g/mol. The summed E-state index contributed by atoms with van der Waals surface area (Å²) in [6.45, 7) is 4.61. The molecule has 4 rings (SSSR count). The Balaban J connectivity index is 1.80. The lowest BCUT2D eigenvalue weighted by Gasteiger charge is -2.41. The number of ether oxygens (including phenoxy) is 1. The number of rotatable bonds is 3. The van der Waals surface area contributed by atoms with Crippen LogP contribution in [0.25, 0.3) is 10.2 Å². The van der Waals surface area contributed by atoms with Crippen molar-refractivity contribution < 1.29 is 9.53 Å². The number of amides is 1. The minimum Gasteiger partial charge on any atom is -0.380 e. The summed E-state index contributed by atoms with van der Waals surface area (Å²) in [7, 11) is 1.70. The molecule has 2 aromatic rings. The maximum absolute atomic E-state index is 13.3. The molecule has 0 spiro atoms. The van der Waals surface area contributed by atoms with Crippen molar-refractivity contribution in [3.05, 3.63) is 22.2 Å². The maximum atomic E-state index is 13.3. The number of nitrogens with one attached hydrogen (secondary N) is 1. The van der Waals surface area contributed by atoms with Crippen LogP contribution >= 0.6 is 11.3 Å². The van der Waals surface area contributed by atoms with Crippen molar-refractivity contribution in [3.8, 4) is 0 Å². The lowest BCUT2D eigenvalue weighted by atomic mass is 9.93. The lowest BCUT2D eigenvalue weighted by Crippen LogP contribution is -2.52. The molecule has 1 saturated carbocycles. The largest absolute Gasteiger partial charge is 0.380 e. The van der Waals surface area contributed by atoms with Crippen molar-refractivity contribution in [1.82, 2.24) is 9.88 Å². The summed E-state index contributed by atoms with van der Waals surface area (Å²) in [4.78, 5) is 21.8. The Labute approximate surface area is 152 Å². The highest BCUT2D eigenvalue weighted by Crippen LogP contribution is 2.42. The second-order valence-electron chi connectivity index (χ2n) is 7.17. The molecule has 25 heavy (non-hydrogen) atoms. The number of nitrogens with zero attached hydrogens (tertiary/aromatic N) is 2. The van der Waals surface area contributed by atoms with Crippen LogP contribution in [0, 0.1) is 6.92 Å². The first kappa shape index (κ1) is 16.8. The van der Waals surface area contributed by atoms with Gasteiger partial charge in [0.25, 0.3) is 5.91 Å². The molecule has 1 N–H and O–H groups in total. The summed E-state index contributed by atoms with van der Waals surface area (Å²) < 4.78 is 5.38. The fourth-order valence-electron chi connectivity index (χ4n) is 4.28. The molecule has 1 fully saturated rings. The van der Waals surface area contributed by atoms with Crippen molar-refractivity contribution in [1.29, 1.82) is 0 Å². The molecule has 6 heteroatoms. The zero-order chi connectivity index (χ0) is 17.6. The minimum absolute atomic E-state index is 0.0117. The summed E-state index contributed by atoms with van der Waals surface area (Å²) in [5, 5.41) is 4.65. The van der Waals surface area contributed by atoms with Gasteiger partial charge < -0.3 is 15.0 Å². The van der Waals surface area contributed by atoms with Crippen molar-refractivity contribution in [2.45, 2.75) is 64.8 Å². The number of thiophene rings is 1. The number of hydrogen-bond acceptors (Lipinski definition) is 5. The normalized spacial score (nSPS) is 21.5. The fourth-order valence-corrected chi connectivity index (χ4v) is 5.46. The minimum atomic E-state index is 0.0117. The lowest BCUT2D eigenvalue weighted by molar-refractivity contribution is 0.0554. The van der Waals surface area contributed by atoms with Crippen LogP contribution < -0.4 is 5.32 Å². The van der Waals surface area contributed by atoms with E-state index in [1.165, 1.54) is 30.6 Å². The van der Waals surface area contributed by atoms with Crippen LogP contribution in [0.3, 0.4) is 0 Å². The molecular weight excluding hydrogens is 334 g/mol. The van der Waals surface area contributed by atoms with E-state index < -0.39 is 0 Å². The van der Waals surface area contributed by atoms with E-state index in [0.29, 0.717) is 12.6 Å². The molecule has 3 heterocycles. The predicted octanol–water partition coefficient (Wildman–Crippen LogP) is 4.30. The fraction of sp³-hybridized carbons (Fsp3) is 0.579. The molecule has 1 aliphatic carbocycles. The van der Waals surface area contributed by atoms with Crippen LogP contribution in [0.5, 0.6) is 0 Å². The van der Waals surface area contributed by atoms with Gasteiger partial charge in [0, 0.05) is 24.2 Å². The van der Waals surface area contributed by atoms with Gasteiger partial charge in [-0.05, 0) is 38.3 Å². The number of fused-ring (bicyclic) bond motifs is 3. The van der Waals surface area contributed by atoms with Crippen molar-refractivity contribution in [2.75, 3.05) is 12.4 Å². The number of pyridine rings is 1. The number of hydrogen-bond donors (Lipinski definition) is 1. The molecule has 134 valence electrons. The summed E-state index contributed by atoms with van der Waals surface area (Å²) in [5.74, 6) is 0.164. The Hall–Kier alpha value is -1.66. The second kappa shape index (κ2) is 6.57. The highest BCUT2D eigenvalue weighted by atomic mass is 32.1. The van der Waals surface area contributed by atoms with E-state index in [4.69, 9.17) is 4.74 Å². The highest BCUT2D eigenvalue weighted by Gasteiger charge is 2.37. The molecule has 5 nitrogen and oxygen atoms in total. The third kappa shape index (κ3) is 2.81. The highest BCUT2D eigenvalue weighted by molar-refractivity contribution is 7.21. The van der Waals surface area contributed by atoms with Crippen molar-refractivity contribution in [3.63, 3.8) is 0 Å². The van der Waals surface area contributed by atoms with Gasteiger partial charge in [0.1, 0.15) is 9.71 Å². The van der Waals surface area contributed by atoms with E-state index in [2.05, 4.69) is 28.2 Å². The Morgan fingerprint density at radius 2 is 2.12 bits per heavy atom. The molecule has 1 atom stereocenters. The first-order chi connectivity index (χ1) is 12.1. The van der Waals surface area contributed by atoms with Crippen LogP contribution in [0.1, 0.15) is 60.0 Å². The Morgan fingerprint density at radius 3 is 2.84 bits per heavy atom. The Kier molecular flexibility index (Phi) is 4.41. The number of anilines is 1. The van der Waals surface area contributed by atoms with Gasteiger partial charge in [-0.3, -0.25) is 4.79 Å². The molecule has 2 aliphatic rings. The number of aromatic nitrogens is 1. The Morgan fingerprint density at radius 1 is 1.36 bits per heavy atom. The average molecular weight is 359 g/mol. The van der Waals surface area contributed by atoms with E-state index in [0.717, 1.165) is 44.9 Å². The third-order valence-electron chi connectivity index (χ3n) is 5.34. The van der Waals surface area contributed by atoms with Gasteiger partial charge in [0.15, 0.2) is 0 Å². The van der Waals surface area contributed by atoms with Gasteiger partial charge >= 0.3 is 0 Å². The van der Waals surface area contributed by atoms with Gasteiger partial charge in [-0.2, -0.15) is 0 Å². The quantitative estimate of drug-likeness (QED) is 0.888. The number of aryl methyl sites for hydroxylation is 1. The van der Waals surface area contributed by atoms with Gasteiger partial charge in [-0.1, -0.05) is 19.3 Å². The third-order valence-corrected chi connectivity index (χ3v) is 6.41. The van der Waals surface area contributed by atoms with E-state index >= 15 is 0 Å². The van der Waals surface area contributed by atoms with Crippen LogP contribution in [-0.4, -0.2) is 35.1 Å². The van der Waals surface area contributed by atoms with Gasteiger partial charge in [0.2, 0.25) is 0 Å². The molecule has 0 aromatic carbocycles.